The largest absolute Gasteiger partial charge is 0.366 e. The first-order valence-corrected chi connectivity index (χ1v) is 8.76. The predicted octanol–water partition coefficient (Wildman–Crippen LogP) is 3.80. The van der Waals surface area contributed by atoms with Crippen LogP contribution >= 0.6 is 11.3 Å². The third kappa shape index (κ3) is 3.51. The van der Waals surface area contributed by atoms with Crippen LogP contribution in [0.25, 0.3) is 10.2 Å². The maximum absolute atomic E-state index is 13.1. The minimum atomic E-state index is -0.580. The van der Waals surface area contributed by atoms with Crippen molar-refractivity contribution in [3.8, 4) is 6.07 Å². The minimum absolute atomic E-state index is 0.248. The number of carbonyl (C=O) groups excluding carboxylic acids is 1. The van der Waals surface area contributed by atoms with Gasteiger partial charge in [-0.1, -0.05) is 37.3 Å². The van der Waals surface area contributed by atoms with E-state index in [1.165, 1.54) is 29.5 Å². The van der Waals surface area contributed by atoms with Gasteiger partial charge in [0.2, 0.25) is 5.91 Å². The number of rotatable bonds is 5. The molecule has 1 aromatic heterocycles. The summed E-state index contributed by atoms with van der Waals surface area (Å²) >= 11 is 1.36. The zero-order valence-corrected chi connectivity index (χ0v) is 15.2. The Morgan fingerprint density at radius 2 is 2.04 bits per heavy atom. The van der Waals surface area contributed by atoms with Crippen molar-refractivity contribution in [2.45, 2.75) is 19.3 Å². The summed E-state index contributed by atoms with van der Waals surface area (Å²) in [6.07, 6.45) is 0. The van der Waals surface area contributed by atoms with E-state index in [2.05, 4.69) is 16.4 Å². The molecule has 3 N–H and O–H groups in total. The average molecular weight is 368 g/mol. The Morgan fingerprint density at radius 1 is 1.35 bits per heavy atom. The van der Waals surface area contributed by atoms with Crippen LogP contribution in [-0.4, -0.2) is 17.4 Å². The van der Waals surface area contributed by atoms with Crippen molar-refractivity contribution in [1.29, 1.82) is 5.26 Å². The van der Waals surface area contributed by atoms with Crippen molar-refractivity contribution in [3.63, 3.8) is 0 Å². The predicted molar refractivity (Wildman–Crippen MR) is 101 cm³/mol. The Kier molecular flexibility index (Phi) is 4.62. The number of carbonyl (C=O) groups is 1. The minimum Gasteiger partial charge on any atom is -0.366 e. The second-order valence-corrected chi connectivity index (χ2v) is 7.64. The SMILES string of the molecule is CC(C)(CNc1nc2c(C#N)cc(C(N)=O)cc2s1)c1ccc(F)cc1. The summed E-state index contributed by atoms with van der Waals surface area (Å²) in [5, 5.41) is 13.2. The number of fused-ring (bicyclic) bond motifs is 1. The van der Waals surface area contributed by atoms with Crippen molar-refractivity contribution in [2.24, 2.45) is 5.73 Å². The van der Waals surface area contributed by atoms with Crippen molar-refractivity contribution in [2.75, 3.05) is 11.9 Å². The first-order chi connectivity index (χ1) is 12.3. The average Bonchev–Trinajstić information content (AvgIpc) is 3.02. The van der Waals surface area contributed by atoms with E-state index in [-0.39, 0.29) is 16.8 Å². The molecule has 1 heterocycles. The van der Waals surface area contributed by atoms with E-state index in [1.54, 1.807) is 18.2 Å². The van der Waals surface area contributed by atoms with Crippen LogP contribution < -0.4 is 11.1 Å². The van der Waals surface area contributed by atoms with E-state index in [9.17, 15) is 14.4 Å². The third-order valence-corrected chi connectivity index (χ3v) is 5.17. The van der Waals surface area contributed by atoms with E-state index < -0.39 is 5.91 Å². The number of thiazole rings is 1. The molecular formula is C19H17FN4OS. The smallest absolute Gasteiger partial charge is 0.248 e. The Hall–Kier alpha value is -2.98. The van der Waals surface area contributed by atoms with E-state index in [4.69, 9.17) is 5.73 Å². The third-order valence-electron chi connectivity index (χ3n) is 4.21. The second-order valence-electron chi connectivity index (χ2n) is 6.61. The molecule has 0 aliphatic heterocycles. The van der Waals surface area contributed by atoms with Crippen LogP contribution in [-0.2, 0) is 5.41 Å². The van der Waals surface area contributed by atoms with E-state index in [0.717, 1.165) is 10.3 Å². The highest BCUT2D eigenvalue weighted by Gasteiger charge is 2.21. The second kappa shape index (κ2) is 6.73. The number of aromatic nitrogens is 1. The maximum atomic E-state index is 13.1. The number of amides is 1. The molecule has 132 valence electrons. The van der Waals surface area contributed by atoms with Crippen LogP contribution in [0.2, 0.25) is 0 Å². The number of nitrogens with one attached hydrogen (secondary N) is 1. The van der Waals surface area contributed by atoms with Crippen LogP contribution in [0, 0.1) is 17.1 Å². The Bertz CT molecular complexity index is 1020. The monoisotopic (exact) mass is 368 g/mol. The number of anilines is 1. The summed E-state index contributed by atoms with van der Waals surface area (Å²) < 4.78 is 13.8. The van der Waals surface area contributed by atoms with Gasteiger partial charge < -0.3 is 11.1 Å². The van der Waals surface area contributed by atoms with Crippen molar-refractivity contribution >= 4 is 32.6 Å². The van der Waals surface area contributed by atoms with E-state index in [1.807, 2.05) is 13.8 Å². The molecule has 0 fully saturated rings. The summed E-state index contributed by atoms with van der Waals surface area (Å²) in [4.78, 5) is 15.9. The van der Waals surface area contributed by atoms with Gasteiger partial charge in [-0.3, -0.25) is 4.79 Å². The summed E-state index contributed by atoms with van der Waals surface area (Å²) in [6.45, 7) is 4.67. The molecule has 0 aliphatic rings. The quantitative estimate of drug-likeness (QED) is 0.716. The van der Waals surface area contributed by atoms with Gasteiger partial charge in [0.15, 0.2) is 5.13 Å². The standard InChI is InChI=1S/C19H17FN4OS/c1-19(2,13-3-5-14(20)6-4-13)10-23-18-24-16-12(9-21)7-11(17(22)25)8-15(16)26-18/h3-8H,10H2,1-2H3,(H2,22,25)(H,23,24). The zero-order valence-electron chi connectivity index (χ0n) is 14.3. The number of nitrogens with zero attached hydrogens (tertiary/aromatic N) is 2. The van der Waals surface area contributed by atoms with Gasteiger partial charge in [-0.15, -0.1) is 0 Å². The molecule has 0 spiro atoms. The summed E-state index contributed by atoms with van der Waals surface area (Å²) in [5.41, 5.74) is 7.22. The number of nitrogens with two attached hydrogens (primary N) is 1. The van der Waals surface area contributed by atoms with Gasteiger partial charge in [0.25, 0.3) is 0 Å². The molecule has 0 unspecified atom stereocenters. The van der Waals surface area contributed by atoms with Gasteiger partial charge in [0.1, 0.15) is 17.4 Å². The molecule has 0 saturated heterocycles. The first-order valence-electron chi connectivity index (χ1n) is 7.94. The summed E-state index contributed by atoms with van der Waals surface area (Å²) in [7, 11) is 0. The van der Waals surface area contributed by atoms with Gasteiger partial charge in [0.05, 0.1) is 10.3 Å². The Labute approximate surface area is 154 Å². The number of hydrogen-bond donors (Lipinski definition) is 2. The molecule has 7 heteroatoms. The topological polar surface area (TPSA) is 91.8 Å². The molecule has 3 aromatic rings. The van der Waals surface area contributed by atoms with Crippen LogP contribution in [0.4, 0.5) is 9.52 Å². The molecule has 0 saturated carbocycles. The molecule has 3 rings (SSSR count). The fourth-order valence-electron chi connectivity index (χ4n) is 2.63. The Morgan fingerprint density at radius 3 is 2.65 bits per heavy atom. The van der Waals surface area contributed by atoms with Gasteiger partial charge in [-0.2, -0.15) is 5.26 Å². The van der Waals surface area contributed by atoms with Gasteiger partial charge in [-0.05, 0) is 29.8 Å². The highest BCUT2D eigenvalue weighted by atomic mass is 32.1. The molecule has 5 nitrogen and oxygen atoms in total. The van der Waals surface area contributed by atoms with Crippen LogP contribution in [0.1, 0.15) is 35.3 Å². The number of hydrogen-bond acceptors (Lipinski definition) is 5. The molecule has 0 bridgehead atoms. The van der Waals surface area contributed by atoms with Crippen LogP contribution in [0.5, 0.6) is 0 Å². The van der Waals surface area contributed by atoms with Crippen molar-refractivity contribution in [1.82, 2.24) is 4.98 Å². The lowest BCUT2D eigenvalue weighted by Crippen LogP contribution is -2.27. The zero-order chi connectivity index (χ0) is 18.9. The van der Waals surface area contributed by atoms with Gasteiger partial charge in [-0.25, -0.2) is 9.37 Å². The number of benzene rings is 2. The van der Waals surface area contributed by atoms with E-state index >= 15 is 0 Å². The highest BCUT2D eigenvalue weighted by Crippen LogP contribution is 2.31. The fraction of sp³-hybridized carbons (Fsp3) is 0.211. The van der Waals surface area contributed by atoms with Crippen molar-refractivity contribution < 1.29 is 9.18 Å². The van der Waals surface area contributed by atoms with Gasteiger partial charge in [0, 0.05) is 17.5 Å². The molecule has 0 atom stereocenters. The fourth-order valence-corrected chi connectivity index (χ4v) is 3.56. The lowest BCUT2D eigenvalue weighted by Gasteiger charge is -2.25. The highest BCUT2D eigenvalue weighted by molar-refractivity contribution is 7.22. The molecule has 2 aromatic carbocycles. The number of primary amides is 1. The normalized spacial score (nSPS) is 11.3. The summed E-state index contributed by atoms with van der Waals surface area (Å²) in [6, 6.07) is 11.6. The van der Waals surface area contributed by atoms with E-state index in [0.29, 0.717) is 22.8 Å². The van der Waals surface area contributed by atoms with Gasteiger partial charge >= 0.3 is 0 Å². The Balaban J connectivity index is 1.86. The first kappa shape index (κ1) is 17.8. The van der Waals surface area contributed by atoms with Crippen LogP contribution in [0.15, 0.2) is 36.4 Å². The lowest BCUT2D eigenvalue weighted by molar-refractivity contribution is 0.100. The maximum Gasteiger partial charge on any atom is 0.248 e. The molecular weight excluding hydrogens is 351 g/mol. The molecule has 1 amide bonds. The molecule has 26 heavy (non-hydrogen) atoms. The lowest BCUT2D eigenvalue weighted by atomic mass is 9.85. The molecule has 0 aliphatic carbocycles. The summed E-state index contributed by atoms with van der Waals surface area (Å²) in [5.74, 6) is -0.846. The van der Waals surface area contributed by atoms with Crippen LogP contribution in [0.3, 0.4) is 0 Å². The number of halogens is 1. The van der Waals surface area contributed by atoms with Crippen molar-refractivity contribution in [3.05, 3.63) is 58.9 Å². The molecule has 0 radical (unpaired) electrons. The number of nitriles is 1.